The maximum atomic E-state index is 12.6. The third-order valence-corrected chi connectivity index (χ3v) is 5.09. The molecule has 1 aliphatic rings. The number of nitrogens with zero attached hydrogens (tertiary/aromatic N) is 3. The Morgan fingerprint density at radius 2 is 1.97 bits per heavy atom. The first-order chi connectivity index (χ1) is 14.2. The smallest absolute Gasteiger partial charge is 0.270 e. The van der Waals surface area contributed by atoms with E-state index in [4.69, 9.17) is 4.74 Å². The van der Waals surface area contributed by atoms with Crippen molar-refractivity contribution < 1.29 is 9.53 Å². The Labute approximate surface area is 169 Å². The second-order valence-corrected chi connectivity index (χ2v) is 7.23. The molecule has 150 valence electrons. The molecule has 4 heterocycles. The van der Waals surface area contributed by atoms with E-state index in [0.29, 0.717) is 18.3 Å². The average molecular weight is 391 g/mol. The first-order valence-corrected chi connectivity index (χ1v) is 10.0. The number of aromatic nitrogens is 3. The molecule has 4 rings (SSSR count). The summed E-state index contributed by atoms with van der Waals surface area (Å²) in [4.78, 5) is 25.8. The van der Waals surface area contributed by atoms with Gasteiger partial charge in [0.25, 0.3) is 5.91 Å². The summed E-state index contributed by atoms with van der Waals surface area (Å²) in [5, 5.41) is 7.27. The van der Waals surface area contributed by atoms with E-state index >= 15 is 0 Å². The highest BCUT2D eigenvalue weighted by Gasteiger charge is 2.14. The molecule has 1 fully saturated rings. The molecule has 0 spiro atoms. The predicted molar refractivity (Wildman–Crippen MR) is 112 cm³/mol. The molecule has 7 heteroatoms. The Kier molecular flexibility index (Phi) is 5.95. The maximum absolute atomic E-state index is 12.6. The maximum Gasteiger partial charge on any atom is 0.270 e. The standard InChI is InChI=1S/C22H25N5O2/c1-2-15-9-16(12-23-11-15)13-25-22(28)19-4-3-17-14-24-21(10-20(17)27-19)26-18-5-7-29-8-6-18/h3-4,9-12,14,18H,2,5-8,13H2,1H3,(H,24,26)(H,25,28). The summed E-state index contributed by atoms with van der Waals surface area (Å²) in [5.74, 6) is 0.571. The average Bonchev–Trinajstić information content (AvgIpc) is 2.78. The fraction of sp³-hybridized carbons (Fsp3) is 0.364. The van der Waals surface area contributed by atoms with E-state index in [-0.39, 0.29) is 5.91 Å². The van der Waals surface area contributed by atoms with Crippen molar-refractivity contribution >= 4 is 22.6 Å². The molecule has 0 atom stereocenters. The third kappa shape index (κ3) is 4.86. The molecule has 3 aromatic heterocycles. The monoisotopic (exact) mass is 391 g/mol. The van der Waals surface area contributed by atoms with E-state index in [1.165, 1.54) is 0 Å². The van der Waals surface area contributed by atoms with Crippen LogP contribution in [0, 0.1) is 0 Å². The molecule has 29 heavy (non-hydrogen) atoms. The first-order valence-electron chi connectivity index (χ1n) is 10.0. The number of nitrogens with one attached hydrogen (secondary N) is 2. The van der Waals surface area contributed by atoms with Crippen LogP contribution >= 0.6 is 0 Å². The van der Waals surface area contributed by atoms with Crippen LogP contribution in [0.3, 0.4) is 0 Å². The van der Waals surface area contributed by atoms with Crippen LogP contribution in [0.25, 0.3) is 10.9 Å². The summed E-state index contributed by atoms with van der Waals surface area (Å²) in [7, 11) is 0. The fourth-order valence-electron chi connectivity index (χ4n) is 3.38. The van der Waals surface area contributed by atoms with Gasteiger partial charge in [-0.05, 0) is 42.5 Å². The van der Waals surface area contributed by atoms with Gasteiger partial charge in [0, 0.05) is 55.8 Å². The Balaban J connectivity index is 1.45. The van der Waals surface area contributed by atoms with Gasteiger partial charge in [0.2, 0.25) is 0 Å². The Bertz CT molecular complexity index is 1000. The molecule has 3 aromatic rings. The largest absolute Gasteiger partial charge is 0.381 e. The van der Waals surface area contributed by atoms with Crippen molar-refractivity contribution in [3.63, 3.8) is 0 Å². The van der Waals surface area contributed by atoms with Gasteiger partial charge in [-0.3, -0.25) is 9.78 Å². The lowest BCUT2D eigenvalue weighted by atomic mass is 10.1. The van der Waals surface area contributed by atoms with E-state index in [1.54, 1.807) is 18.5 Å². The number of hydrogen-bond donors (Lipinski definition) is 2. The number of amides is 1. The number of carbonyl (C=O) groups is 1. The number of pyridine rings is 3. The molecule has 7 nitrogen and oxygen atoms in total. The van der Waals surface area contributed by atoms with Crippen molar-refractivity contribution in [2.45, 2.75) is 38.8 Å². The molecule has 0 aromatic carbocycles. The lowest BCUT2D eigenvalue weighted by Gasteiger charge is -2.23. The fourth-order valence-corrected chi connectivity index (χ4v) is 3.38. The van der Waals surface area contributed by atoms with Crippen molar-refractivity contribution in [2.75, 3.05) is 18.5 Å². The van der Waals surface area contributed by atoms with E-state index in [0.717, 1.165) is 60.3 Å². The zero-order valence-corrected chi connectivity index (χ0v) is 16.5. The Morgan fingerprint density at radius 3 is 2.79 bits per heavy atom. The lowest BCUT2D eigenvalue weighted by molar-refractivity contribution is 0.0903. The highest BCUT2D eigenvalue weighted by atomic mass is 16.5. The molecular formula is C22H25N5O2. The first kappa shape index (κ1) is 19.3. The number of aryl methyl sites for hydroxylation is 1. The van der Waals surface area contributed by atoms with E-state index in [9.17, 15) is 4.79 Å². The molecule has 1 aliphatic heterocycles. The minimum atomic E-state index is -0.204. The van der Waals surface area contributed by atoms with E-state index < -0.39 is 0 Å². The zero-order valence-electron chi connectivity index (χ0n) is 16.5. The van der Waals surface area contributed by atoms with Crippen LogP contribution in [0.5, 0.6) is 0 Å². The normalized spacial score (nSPS) is 14.7. The number of fused-ring (bicyclic) bond motifs is 1. The highest BCUT2D eigenvalue weighted by molar-refractivity contribution is 5.95. The Hall–Kier alpha value is -3.06. The van der Waals surface area contributed by atoms with Gasteiger partial charge >= 0.3 is 0 Å². The highest BCUT2D eigenvalue weighted by Crippen LogP contribution is 2.18. The third-order valence-electron chi connectivity index (χ3n) is 5.09. The summed E-state index contributed by atoms with van der Waals surface area (Å²) in [6, 6.07) is 7.91. The number of carbonyl (C=O) groups excluding carboxylic acids is 1. The molecule has 0 bridgehead atoms. The molecule has 0 unspecified atom stereocenters. The van der Waals surface area contributed by atoms with Crippen molar-refractivity contribution in [3.8, 4) is 0 Å². The van der Waals surface area contributed by atoms with Crippen molar-refractivity contribution in [1.29, 1.82) is 0 Å². The molecule has 2 N–H and O–H groups in total. The van der Waals surface area contributed by atoms with Gasteiger partial charge in [0.05, 0.1) is 5.52 Å². The van der Waals surface area contributed by atoms with E-state index in [2.05, 4.69) is 38.6 Å². The summed E-state index contributed by atoms with van der Waals surface area (Å²) in [5.41, 5.74) is 3.26. The van der Waals surface area contributed by atoms with Gasteiger partial charge in [-0.2, -0.15) is 0 Å². The van der Waals surface area contributed by atoms with Gasteiger partial charge in [0.15, 0.2) is 0 Å². The zero-order chi connectivity index (χ0) is 20.1. The number of rotatable bonds is 6. The van der Waals surface area contributed by atoms with Gasteiger partial charge < -0.3 is 15.4 Å². The predicted octanol–water partition coefficient (Wildman–Crippen LogP) is 3.11. The van der Waals surface area contributed by atoms with Gasteiger partial charge in [-0.15, -0.1) is 0 Å². The topological polar surface area (TPSA) is 89.0 Å². The van der Waals surface area contributed by atoms with E-state index in [1.807, 2.05) is 18.3 Å². The molecule has 1 amide bonds. The lowest BCUT2D eigenvalue weighted by Crippen LogP contribution is -2.28. The van der Waals surface area contributed by atoms with Crippen molar-refractivity contribution in [3.05, 3.63) is 59.7 Å². The van der Waals surface area contributed by atoms with Crippen LogP contribution in [0.2, 0.25) is 0 Å². The molecular weight excluding hydrogens is 366 g/mol. The summed E-state index contributed by atoms with van der Waals surface area (Å²) >= 11 is 0. The van der Waals surface area contributed by atoms with Crippen molar-refractivity contribution in [2.24, 2.45) is 0 Å². The number of hydrogen-bond acceptors (Lipinski definition) is 6. The molecule has 0 aliphatic carbocycles. The number of ether oxygens (including phenoxy) is 1. The van der Waals surface area contributed by atoms with Crippen LogP contribution in [0.4, 0.5) is 5.82 Å². The van der Waals surface area contributed by atoms with Crippen LogP contribution in [0.15, 0.2) is 42.9 Å². The Morgan fingerprint density at radius 1 is 1.14 bits per heavy atom. The van der Waals surface area contributed by atoms with Crippen LogP contribution in [0.1, 0.15) is 41.4 Å². The molecule has 0 radical (unpaired) electrons. The summed E-state index contributed by atoms with van der Waals surface area (Å²) in [6.45, 7) is 4.04. The molecule has 0 saturated carbocycles. The van der Waals surface area contributed by atoms with Gasteiger partial charge in [-0.25, -0.2) is 9.97 Å². The minimum Gasteiger partial charge on any atom is -0.381 e. The van der Waals surface area contributed by atoms with Gasteiger partial charge in [0.1, 0.15) is 11.5 Å². The van der Waals surface area contributed by atoms with Crippen LogP contribution in [-0.2, 0) is 17.7 Å². The van der Waals surface area contributed by atoms with Crippen LogP contribution < -0.4 is 10.6 Å². The minimum absolute atomic E-state index is 0.204. The van der Waals surface area contributed by atoms with Gasteiger partial charge in [-0.1, -0.05) is 13.0 Å². The van der Waals surface area contributed by atoms with Crippen LogP contribution in [-0.4, -0.2) is 40.1 Å². The van der Waals surface area contributed by atoms with Crippen molar-refractivity contribution in [1.82, 2.24) is 20.3 Å². The second kappa shape index (κ2) is 8.96. The second-order valence-electron chi connectivity index (χ2n) is 7.23. The quantitative estimate of drug-likeness (QED) is 0.671. The molecule has 1 saturated heterocycles. The number of anilines is 1. The SMILES string of the molecule is CCc1cncc(CNC(=O)c2ccc3cnc(NC4CCOCC4)cc3n2)c1. The summed E-state index contributed by atoms with van der Waals surface area (Å²) < 4.78 is 5.40. The summed E-state index contributed by atoms with van der Waals surface area (Å²) in [6.07, 6.45) is 8.24.